The van der Waals surface area contributed by atoms with E-state index in [1.165, 1.54) is 24.3 Å². The maximum atomic E-state index is 13.2. The third-order valence-corrected chi connectivity index (χ3v) is 3.03. The van der Waals surface area contributed by atoms with Gasteiger partial charge in [0.1, 0.15) is 11.6 Å². The molecule has 0 fully saturated rings. The van der Waals surface area contributed by atoms with Crippen LogP contribution in [0.2, 0.25) is 0 Å². The summed E-state index contributed by atoms with van der Waals surface area (Å²) in [6.45, 7) is 1.78. The molecule has 0 spiro atoms. The molecular weight excluding hydrogens is 275 g/mol. The van der Waals surface area contributed by atoms with Crippen molar-refractivity contribution in [3.8, 4) is 0 Å². The largest absolute Gasteiger partial charge is 0.373 e. The Balaban J connectivity index is 2.31. The van der Waals surface area contributed by atoms with Gasteiger partial charge < -0.3 is 10.6 Å². The molecule has 0 aliphatic rings. The molecule has 0 saturated heterocycles. The highest BCUT2D eigenvalue weighted by Crippen LogP contribution is 2.27. The van der Waals surface area contributed by atoms with Gasteiger partial charge in [-0.3, -0.25) is 10.1 Å². The van der Waals surface area contributed by atoms with Crippen LogP contribution in [0.3, 0.4) is 0 Å². The second-order valence-electron chi connectivity index (χ2n) is 4.49. The van der Waals surface area contributed by atoms with E-state index in [0.717, 1.165) is 0 Å². The van der Waals surface area contributed by atoms with Gasteiger partial charge in [0.2, 0.25) is 5.82 Å². The van der Waals surface area contributed by atoms with Crippen LogP contribution >= 0.6 is 0 Å². The summed E-state index contributed by atoms with van der Waals surface area (Å²) in [5.74, 6) is 0.297. The molecule has 0 aliphatic heterocycles. The summed E-state index contributed by atoms with van der Waals surface area (Å²) < 4.78 is 13.2. The maximum Gasteiger partial charge on any atom is 0.311 e. The molecule has 2 rings (SSSR count). The number of pyridine rings is 1. The van der Waals surface area contributed by atoms with Gasteiger partial charge in [0.05, 0.1) is 11.0 Å². The van der Waals surface area contributed by atoms with Crippen LogP contribution in [0.1, 0.15) is 18.5 Å². The highest BCUT2D eigenvalue weighted by molar-refractivity contribution is 5.60. The van der Waals surface area contributed by atoms with Crippen LogP contribution in [0.25, 0.3) is 0 Å². The molecule has 2 aromatic rings. The van der Waals surface area contributed by atoms with Crippen molar-refractivity contribution in [1.82, 2.24) is 4.98 Å². The number of nitrogens with zero attached hydrogens (tertiary/aromatic N) is 2. The van der Waals surface area contributed by atoms with Crippen molar-refractivity contribution >= 4 is 17.3 Å². The number of nitrogens with one attached hydrogen (secondary N) is 2. The van der Waals surface area contributed by atoms with E-state index in [2.05, 4.69) is 15.6 Å². The molecule has 1 heterocycles. The van der Waals surface area contributed by atoms with Crippen molar-refractivity contribution < 1.29 is 9.31 Å². The first-order chi connectivity index (χ1) is 10.0. The van der Waals surface area contributed by atoms with Gasteiger partial charge >= 0.3 is 5.69 Å². The lowest BCUT2D eigenvalue weighted by Gasteiger charge is -2.15. The number of rotatable bonds is 5. The van der Waals surface area contributed by atoms with Gasteiger partial charge in [-0.1, -0.05) is 12.1 Å². The highest BCUT2D eigenvalue weighted by atomic mass is 19.1. The lowest BCUT2D eigenvalue weighted by atomic mass is 10.1. The number of nitro groups is 1. The SMILES string of the molecule is CNc1ccc([N+](=O)[O-])c(NC(C)c2cccc(F)c2)n1. The van der Waals surface area contributed by atoms with E-state index < -0.39 is 4.92 Å². The van der Waals surface area contributed by atoms with Crippen molar-refractivity contribution in [3.05, 3.63) is 57.9 Å². The predicted molar refractivity (Wildman–Crippen MR) is 78.9 cm³/mol. The molecule has 0 radical (unpaired) electrons. The fourth-order valence-corrected chi connectivity index (χ4v) is 1.91. The first kappa shape index (κ1) is 14.7. The van der Waals surface area contributed by atoms with Gasteiger partial charge in [0.25, 0.3) is 0 Å². The molecule has 0 bridgehead atoms. The van der Waals surface area contributed by atoms with E-state index >= 15 is 0 Å². The quantitative estimate of drug-likeness (QED) is 0.652. The Morgan fingerprint density at radius 3 is 2.71 bits per heavy atom. The summed E-state index contributed by atoms with van der Waals surface area (Å²) in [7, 11) is 1.67. The molecule has 6 nitrogen and oxygen atoms in total. The van der Waals surface area contributed by atoms with Crippen molar-refractivity contribution in [2.45, 2.75) is 13.0 Å². The van der Waals surface area contributed by atoms with Crippen LogP contribution in [0.5, 0.6) is 0 Å². The third-order valence-electron chi connectivity index (χ3n) is 3.03. The Bertz CT molecular complexity index is 663. The molecule has 2 N–H and O–H groups in total. The Morgan fingerprint density at radius 1 is 1.33 bits per heavy atom. The van der Waals surface area contributed by atoms with Gasteiger partial charge in [0.15, 0.2) is 0 Å². The van der Waals surface area contributed by atoms with E-state index in [4.69, 9.17) is 0 Å². The number of benzene rings is 1. The fraction of sp³-hybridized carbons (Fsp3) is 0.214. The van der Waals surface area contributed by atoms with Crippen LogP contribution in [0, 0.1) is 15.9 Å². The summed E-state index contributed by atoms with van der Waals surface area (Å²) in [6, 6.07) is 8.64. The van der Waals surface area contributed by atoms with E-state index in [-0.39, 0.29) is 23.4 Å². The van der Waals surface area contributed by atoms with E-state index in [0.29, 0.717) is 11.4 Å². The van der Waals surface area contributed by atoms with Crippen molar-refractivity contribution in [3.63, 3.8) is 0 Å². The van der Waals surface area contributed by atoms with Crippen LogP contribution in [-0.4, -0.2) is 17.0 Å². The zero-order valence-electron chi connectivity index (χ0n) is 11.6. The smallest absolute Gasteiger partial charge is 0.311 e. The van der Waals surface area contributed by atoms with Crippen molar-refractivity contribution in [2.24, 2.45) is 0 Å². The minimum absolute atomic E-state index is 0.128. The van der Waals surface area contributed by atoms with Crippen molar-refractivity contribution in [2.75, 3.05) is 17.7 Å². The van der Waals surface area contributed by atoms with E-state index in [1.54, 1.807) is 26.1 Å². The molecule has 110 valence electrons. The molecule has 0 aliphatic carbocycles. The summed E-state index contributed by atoms with van der Waals surface area (Å²) in [6.07, 6.45) is 0. The molecule has 1 aromatic carbocycles. The molecule has 21 heavy (non-hydrogen) atoms. The Labute approximate surface area is 121 Å². The third kappa shape index (κ3) is 3.44. The van der Waals surface area contributed by atoms with Crippen molar-refractivity contribution in [1.29, 1.82) is 0 Å². The lowest BCUT2D eigenvalue weighted by Crippen LogP contribution is -2.11. The fourth-order valence-electron chi connectivity index (χ4n) is 1.91. The van der Waals surface area contributed by atoms with Gasteiger partial charge in [-0.05, 0) is 30.7 Å². The first-order valence-electron chi connectivity index (χ1n) is 6.36. The van der Waals surface area contributed by atoms with E-state index in [1.807, 2.05) is 0 Å². The zero-order valence-corrected chi connectivity index (χ0v) is 11.6. The second-order valence-corrected chi connectivity index (χ2v) is 4.49. The predicted octanol–water partition coefficient (Wildman–Crippen LogP) is 3.34. The highest BCUT2D eigenvalue weighted by Gasteiger charge is 2.18. The molecule has 0 amide bonds. The topological polar surface area (TPSA) is 80.1 Å². The molecule has 1 unspecified atom stereocenters. The number of halogens is 1. The maximum absolute atomic E-state index is 13.2. The van der Waals surface area contributed by atoms with Gasteiger partial charge in [0, 0.05) is 13.1 Å². The number of hydrogen-bond donors (Lipinski definition) is 2. The summed E-state index contributed by atoms with van der Waals surface area (Å²) in [5, 5.41) is 16.8. The minimum atomic E-state index is -0.507. The minimum Gasteiger partial charge on any atom is -0.373 e. The molecule has 7 heteroatoms. The van der Waals surface area contributed by atoms with E-state index in [9.17, 15) is 14.5 Å². The number of anilines is 2. The Kier molecular flexibility index (Phi) is 4.32. The lowest BCUT2D eigenvalue weighted by molar-refractivity contribution is -0.384. The van der Waals surface area contributed by atoms with Gasteiger partial charge in [-0.2, -0.15) is 0 Å². The standard InChI is InChI=1S/C14H15FN4O2/c1-9(10-4-3-5-11(15)8-10)17-14-12(19(20)21)6-7-13(16-2)18-14/h3-9H,1-2H3,(H2,16,17,18). The van der Waals surface area contributed by atoms with Crippen LogP contribution in [-0.2, 0) is 0 Å². The summed E-state index contributed by atoms with van der Waals surface area (Å²) >= 11 is 0. The summed E-state index contributed by atoms with van der Waals surface area (Å²) in [5.41, 5.74) is 0.554. The molecular formula is C14H15FN4O2. The number of aromatic nitrogens is 1. The monoisotopic (exact) mass is 290 g/mol. The first-order valence-corrected chi connectivity index (χ1v) is 6.36. The Hall–Kier alpha value is -2.70. The Morgan fingerprint density at radius 2 is 2.10 bits per heavy atom. The normalized spacial score (nSPS) is 11.8. The average molecular weight is 290 g/mol. The average Bonchev–Trinajstić information content (AvgIpc) is 2.46. The zero-order chi connectivity index (χ0) is 15.4. The van der Waals surface area contributed by atoms with Crippen LogP contribution < -0.4 is 10.6 Å². The second kappa shape index (κ2) is 6.17. The molecule has 1 atom stereocenters. The molecule has 1 aromatic heterocycles. The van der Waals surface area contributed by atoms with Crippen LogP contribution in [0.15, 0.2) is 36.4 Å². The summed E-state index contributed by atoms with van der Waals surface area (Å²) in [4.78, 5) is 14.7. The number of hydrogen-bond acceptors (Lipinski definition) is 5. The van der Waals surface area contributed by atoms with Gasteiger partial charge in [-0.25, -0.2) is 9.37 Å². The van der Waals surface area contributed by atoms with Gasteiger partial charge in [-0.15, -0.1) is 0 Å². The molecule has 0 saturated carbocycles. The van der Waals surface area contributed by atoms with Crippen LogP contribution in [0.4, 0.5) is 21.7 Å².